The molecule has 2 nitrogen and oxygen atoms in total. The summed E-state index contributed by atoms with van der Waals surface area (Å²) in [6, 6.07) is 7.45. The van der Waals surface area contributed by atoms with E-state index >= 15 is 0 Å². The molecule has 0 radical (unpaired) electrons. The zero-order valence-corrected chi connectivity index (χ0v) is 14.3. The van der Waals surface area contributed by atoms with Gasteiger partial charge in [-0.1, -0.05) is 46.1 Å². The minimum absolute atomic E-state index is 0.136. The molecule has 1 aromatic heterocycles. The van der Waals surface area contributed by atoms with Crippen molar-refractivity contribution in [1.29, 1.82) is 0 Å². The van der Waals surface area contributed by atoms with Crippen molar-refractivity contribution in [2.75, 3.05) is 6.61 Å². The van der Waals surface area contributed by atoms with E-state index in [1.54, 1.807) is 6.07 Å². The molecule has 0 saturated carbocycles. The smallest absolute Gasteiger partial charge is 0.139 e. The average Bonchev–Trinajstić information content (AvgIpc) is 2.91. The number of hydrogen-bond donors (Lipinski definition) is 0. The van der Waals surface area contributed by atoms with Crippen LogP contribution in [0.4, 0.5) is 0 Å². The summed E-state index contributed by atoms with van der Waals surface area (Å²) in [5, 5.41) is 1.13. The van der Waals surface area contributed by atoms with Gasteiger partial charge in [0.2, 0.25) is 0 Å². The molecule has 0 bridgehead atoms. The van der Waals surface area contributed by atoms with Crippen molar-refractivity contribution in [3.8, 4) is 5.75 Å². The summed E-state index contributed by atoms with van der Waals surface area (Å²) in [6.45, 7) is 4.50. The van der Waals surface area contributed by atoms with Crippen LogP contribution in [0.3, 0.4) is 0 Å². The summed E-state index contributed by atoms with van der Waals surface area (Å²) in [5.41, 5.74) is 0.858. The molecular weight excluding hydrogens is 363 g/mol. The lowest BCUT2D eigenvalue weighted by Gasteiger charge is -2.13. The van der Waals surface area contributed by atoms with Crippen molar-refractivity contribution in [2.45, 2.75) is 25.1 Å². The Labute approximate surface area is 137 Å². The number of hydrogen-bond acceptors (Lipinski definition) is 2. The van der Waals surface area contributed by atoms with Gasteiger partial charge in [0.25, 0.3) is 0 Å². The zero-order valence-electron chi connectivity index (χ0n) is 11.3. The van der Waals surface area contributed by atoms with Gasteiger partial charge in [-0.2, -0.15) is 0 Å². The standard InChI is InChI=1S/C15H15BrCl2O2/c1-3-9-5-6-13(20-9)15(16)10-7-12(18)14(19-4-2)8-11(10)17/h5-8,15H,3-4H2,1-2H3. The van der Waals surface area contributed by atoms with E-state index in [0.29, 0.717) is 22.4 Å². The van der Waals surface area contributed by atoms with Gasteiger partial charge in [-0.15, -0.1) is 0 Å². The molecule has 1 atom stereocenters. The molecule has 20 heavy (non-hydrogen) atoms. The Hall–Kier alpha value is -0.640. The number of halogens is 3. The van der Waals surface area contributed by atoms with Crippen LogP contribution in [-0.2, 0) is 6.42 Å². The number of alkyl halides is 1. The first-order valence-electron chi connectivity index (χ1n) is 6.41. The topological polar surface area (TPSA) is 22.4 Å². The molecule has 2 aromatic rings. The lowest BCUT2D eigenvalue weighted by Crippen LogP contribution is -1.96. The van der Waals surface area contributed by atoms with E-state index in [0.717, 1.165) is 23.5 Å². The highest BCUT2D eigenvalue weighted by Gasteiger charge is 2.19. The quantitative estimate of drug-likeness (QED) is 0.593. The third-order valence-corrected chi connectivity index (χ3v) is 4.47. The van der Waals surface area contributed by atoms with Crippen LogP contribution < -0.4 is 4.74 Å². The van der Waals surface area contributed by atoms with E-state index in [2.05, 4.69) is 15.9 Å². The van der Waals surface area contributed by atoms with Gasteiger partial charge in [0.1, 0.15) is 17.3 Å². The molecule has 0 aliphatic rings. The maximum absolute atomic E-state index is 6.31. The maximum atomic E-state index is 6.31. The van der Waals surface area contributed by atoms with Crippen LogP contribution in [0.2, 0.25) is 10.0 Å². The molecule has 1 unspecified atom stereocenters. The molecule has 2 rings (SSSR count). The second kappa shape index (κ2) is 6.88. The third kappa shape index (κ3) is 3.33. The molecule has 1 aromatic carbocycles. The van der Waals surface area contributed by atoms with Gasteiger partial charge >= 0.3 is 0 Å². The molecular formula is C15H15BrCl2O2. The lowest BCUT2D eigenvalue weighted by molar-refractivity contribution is 0.340. The van der Waals surface area contributed by atoms with E-state index in [1.165, 1.54) is 0 Å². The normalized spacial score (nSPS) is 12.4. The fourth-order valence-electron chi connectivity index (χ4n) is 1.88. The van der Waals surface area contributed by atoms with Gasteiger partial charge < -0.3 is 9.15 Å². The summed E-state index contributed by atoms with van der Waals surface area (Å²) in [4.78, 5) is -0.136. The monoisotopic (exact) mass is 376 g/mol. The molecule has 0 N–H and O–H groups in total. The number of rotatable bonds is 5. The summed E-state index contributed by atoms with van der Waals surface area (Å²) >= 11 is 16.1. The summed E-state index contributed by atoms with van der Waals surface area (Å²) in [7, 11) is 0. The van der Waals surface area contributed by atoms with E-state index in [-0.39, 0.29) is 4.83 Å². The van der Waals surface area contributed by atoms with Crippen molar-refractivity contribution < 1.29 is 9.15 Å². The Balaban J connectivity index is 2.34. The molecule has 0 amide bonds. The third-order valence-electron chi connectivity index (χ3n) is 2.90. The van der Waals surface area contributed by atoms with Crippen molar-refractivity contribution in [3.63, 3.8) is 0 Å². The van der Waals surface area contributed by atoms with Crippen molar-refractivity contribution in [1.82, 2.24) is 0 Å². The van der Waals surface area contributed by atoms with Crippen molar-refractivity contribution in [2.24, 2.45) is 0 Å². The van der Waals surface area contributed by atoms with Crippen LogP contribution in [0.15, 0.2) is 28.7 Å². The van der Waals surface area contributed by atoms with Gasteiger partial charge in [-0.25, -0.2) is 0 Å². The summed E-state index contributed by atoms with van der Waals surface area (Å²) in [5.74, 6) is 2.35. The molecule has 1 heterocycles. The number of aryl methyl sites for hydroxylation is 1. The fourth-order valence-corrected chi connectivity index (χ4v) is 3.12. The second-order valence-electron chi connectivity index (χ2n) is 4.26. The molecule has 0 saturated heterocycles. The maximum Gasteiger partial charge on any atom is 0.139 e. The predicted octanol–water partition coefficient (Wildman–Crippen LogP) is 6.03. The minimum Gasteiger partial charge on any atom is -0.492 e. The van der Waals surface area contributed by atoms with Crippen molar-refractivity contribution in [3.05, 3.63) is 51.4 Å². The summed E-state index contributed by atoms with van der Waals surface area (Å²) in [6.07, 6.45) is 0.859. The van der Waals surface area contributed by atoms with Gasteiger partial charge in [0.15, 0.2) is 0 Å². The van der Waals surface area contributed by atoms with Gasteiger partial charge in [-0.05, 0) is 30.7 Å². The lowest BCUT2D eigenvalue weighted by atomic mass is 10.1. The Morgan fingerprint density at radius 1 is 1.20 bits per heavy atom. The molecule has 0 fully saturated rings. The Bertz CT molecular complexity index is 596. The molecule has 0 aliphatic carbocycles. The van der Waals surface area contributed by atoms with Crippen LogP contribution in [-0.4, -0.2) is 6.61 Å². The molecule has 108 valence electrons. The summed E-state index contributed by atoms with van der Waals surface area (Å²) < 4.78 is 11.2. The van der Waals surface area contributed by atoms with Gasteiger partial charge in [0, 0.05) is 17.5 Å². The molecule has 0 spiro atoms. The fraction of sp³-hybridized carbons (Fsp3) is 0.333. The highest BCUT2D eigenvalue weighted by Crippen LogP contribution is 2.40. The van der Waals surface area contributed by atoms with Gasteiger partial charge in [-0.3, -0.25) is 0 Å². The van der Waals surface area contributed by atoms with Crippen LogP contribution in [0.5, 0.6) is 5.75 Å². The van der Waals surface area contributed by atoms with Gasteiger partial charge in [0.05, 0.1) is 16.5 Å². The number of benzene rings is 1. The zero-order chi connectivity index (χ0) is 14.7. The Morgan fingerprint density at radius 3 is 2.55 bits per heavy atom. The van der Waals surface area contributed by atoms with Crippen LogP contribution in [0, 0.1) is 0 Å². The molecule has 5 heteroatoms. The highest BCUT2D eigenvalue weighted by atomic mass is 79.9. The van der Waals surface area contributed by atoms with Crippen LogP contribution in [0.1, 0.15) is 35.8 Å². The largest absolute Gasteiger partial charge is 0.492 e. The Kier molecular flexibility index (Phi) is 5.42. The first-order valence-corrected chi connectivity index (χ1v) is 8.08. The van der Waals surface area contributed by atoms with E-state index in [4.69, 9.17) is 32.4 Å². The first-order chi connectivity index (χ1) is 9.56. The number of furan rings is 1. The van der Waals surface area contributed by atoms with Crippen molar-refractivity contribution >= 4 is 39.1 Å². The predicted molar refractivity (Wildman–Crippen MR) is 86.5 cm³/mol. The number of ether oxygens (including phenoxy) is 1. The van der Waals surface area contributed by atoms with E-state index in [1.807, 2.05) is 32.0 Å². The SMILES string of the molecule is CCOc1cc(Cl)c(C(Br)c2ccc(CC)o2)cc1Cl. The average molecular weight is 378 g/mol. The Morgan fingerprint density at radius 2 is 1.95 bits per heavy atom. The van der Waals surface area contributed by atoms with E-state index < -0.39 is 0 Å². The van der Waals surface area contributed by atoms with E-state index in [9.17, 15) is 0 Å². The second-order valence-corrected chi connectivity index (χ2v) is 5.99. The van der Waals surface area contributed by atoms with Crippen LogP contribution >= 0.6 is 39.1 Å². The highest BCUT2D eigenvalue weighted by molar-refractivity contribution is 9.09. The first kappa shape index (κ1) is 15.7. The minimum atomic E-state index is -0.136. The van der Waals surface area contributed by atoms with Crippen LogP contribution in [0.25, 0.3) is 0 Å². The molecule has 0 aliphatic heterocycles.